The summed E-state index contributed by atoms with van der Waals surface area (Å²) in [6.07, 6.45) is 4.00. The highest BCUT2D eigenvalue weighted by Gasteiger charge is 2.47. The van der Waals surface area contributed by atoms with Crippen LogP contribution in [0.1, 0.15) is 42.3 Å². The number of aliphatic hydroxyl groups is 3. The maximum atomic E-state index is 12.7. The summed E-state index contributed by atoms with van der Waals surface area (Å²) in [5.74, 6) is -0.415. The van der Waals surface area contributed by atoms with E-state index in [2.05, 4.69) is 108 Å². The third-order valence-corrected chi connectivity index (χ3v) is 13.1. The number of benzene rings is 3. The van der Waals surface area contributed by atoms with Crippen molar-refractivity contribution in [2.45, 2.75) is 50.2 Å². The molecule has 4 aromatic rings. The van der Waals surface area contributed by atoms with Gasteiger partial charge in [-0.25, -0.2) is 0 Å². The Morgan fingerprint density at radius 2 is 1.34 bits per heavy atom. The smallest absolute Gasteiger partial charge is 0.271 e. The van der Waals surface area contributed by atoms with Crippen LogP contribution in [0.3, 0.4) is 0 Å². The zero-order valence-corrected chi connectivity index (χ0v) is 27.2. The molecule has 246 valence electrons. The molecule has 0 bridgehead atoms. The molecule has 47 heavy (non-hydrogen) atoms. The lowest BCUT2D eigenvalue weighted by atomic mass is 10.1. The lowest BCUT2D eigenvalue weighted by Gasteiger charge is -2.27. The van der Waals surface area contributed by atoms with E-state index in [1.807, 2.05) is 0 Å². The predicted molar refractivity (Wildman–Crippen MR) is 182 cm³/mol. The number of pyridine rings is 1. The van der Waals surface area contributed by atoms with Gasteiger partial charge >= 0.3 is 0 Å². The van der Waals surface area contributed by atoms with Crippen LogP contribution in [0, 0.1) is 6.20 Å². The molecule has 4 atom stereocenters. The SMILES string of the molecule is O=C(CCCCC[P+](c1ccccc1)(c1ccccc1)c1ccccc1)NCCNC(=O)c1cc[c-][n+]([C@@H]2O[C@H](CO)[C@@H](O)[C@H]2O)c1. The summed E-state index contributed by atoms with van der Waals surface area (Å²) in [7, 11) is -1.88. The average Bonchev–Trinajstić information content (AvgIpc) is 3.42. The van der Waals surface area contributed by atoms with Gasteiger partial charge in [-0.15, -0.1) is 12.1 Å². The van der Waals surface area contributed by atoms with E-state index in [9.17, 15) is 24.9 Å². The van der Waals surface area contributed by atoms with Gasteiger partial charge in [-0.05, 0) is 61.2 Å². The standard InChI is InChI=1S/C37H42N3O6P/c41-27-32-34(43)35(44)37(46-32)40-24-13-14-28(26-40)36(45)39-23-22-38-33(42)21-11-4-12-25-47(29-15-5-1-6-16-29,30-17-7-2-8-18-30)31-19-9-3-10-20-31/h1-3,5-10,13-20,26,32,34-35,37,41,43-44H,4,11-12,21-23,25,27H2,(H-,38,39,42,45)/p+1/t32-,34-,35-,37-/m1/s1. The summed E-state index contributed by atoms with van der Waals surface area (Å²) >= 11 is 0. The van der Waals surface area contributed by atoms with Gasteiger partial charge in [0.1, 0.15) is 41.6 Å². The van der Waals surface area contributed by atoms with Gasteiger partial charge in [0.15, 0.2) is 6.10 Å². The Morgan fingerprint density at radius 3 is 1.89 bits per heavy atom. The van der Waals surface area contributed by atoms with Crippen molar-refractivity contribution < 1.29 is 34.2 Å². The number of carbonyl (C=O) groups excluding carboxylic acids is 2. The van der Waals surface area contributed by atoms with E-state index < -0.39 is 38.4 Å². The van der Waals surface area contributed by atoms with Gasteiger partial charge in [-0.1, -0.05) is 54.6 Å². The molecule has 2 heterocycles. The minimum atomic E-state index is -1.88. The molecule has 5 rings (SSSR count). The number of amides is 2. The van der Waals surface area contributed by atoms with Crippen molar-refractivity contribution in [1.82, 2.24) is 10.6 Å². The third kappa shape index (κ3) is 8.30. The van der Waals surface area contributed by atoms with E-state index >= 15 is 0 Å². The molecule has 1 aliphatic heterocycles. The van der Waals surface area contributed by atoms with Gasteiger partial charge in [-0.2, -0.15) is 0 Å². The van der Waals surface area contributed by atoms with Gasteiger partial charge in [0.25, 0.3) is 6.23 Å². The number of rotatable bonds is 15. The first kappa shape index (κ1) is 34.4. The Morgan fingerprint density at radius 1 is 0.766 bits per heavy atom. The zero-order chi connectivity index (χ0) is 33.1. The van der Waals surface area contributed by atoms with E-state index in [1.54, 1.807) is 6.07 Å². The van der Waals surface area contributed by atoms with E-state index in [-0.39, 0.29) is 18.4 Å². The fourth-order valence-electron chi connectivity index (χ4n) is 6.10. The number of hydrogen-bond donors (Lipinski definition) is 5. The van der Waals surface area contributed by atoms with Crippen molar-refractivity contribution in [3.05, 3.63) is 121 Å². The highest BCUT2D eigenvalue weighted by atomic mass is 31.2. The molecular formula is C37H43N3O6P+. The van der Waals surface area contributed by atoms with Crippen LogP contribution in [0.2, 0.25) is 0 Å². The Bertz CT molecular complexity index is 1480. The second-order valence-electron chi connectivity index (χ2n) is 11.6. The fraction of sp³-hybridized carbons (Fsp3) is 0.324. The van der Waals surface area contributed by atoms with Crippen LogP contribution >= 0.6 is 7.26 Å². The fourth-order valence-corrected chi connectivity index (χ4v) is 10.5. The first-order valence-electron chi connectivity index (χ1n) is 16.1. The molecule has 1 saturated heterocycles. The molecule has 3 aromatic carbocycles. The van der Waals surface area contributed by atoms with Gasteiger partial charge in [0, 0.05) is 19.5 Å². The number of ether oxygens (including phenoxy) is 1. The second kappa shape index (κ2) is 16.7. The Kier molecular flexibility index (Phi) is 12.2. The van der Waals surface area contributed by atoms with E-state index in [1.165, 1.54) is 32.7 Å². The van der Waals surface area contributed by atoms with Gasteiger partial charge in [-0.3, -0.25) is 14.2 Å². The van der Waals surface area contributed by atoms with Crippen LogP contribution in [0.5, 0.6) is 0 Å². The van der Waals surface area contributed by atoms with Crippen molar-refractivity contribution in [2.75, 3.05) is 25.9 Å². The number of unbranched alkanes of at least 4 members (excludes halogenated alkanes) is 2. The summed E-state index contributed by atoms with van der Waals surface area (Å²) in [4.78, 5) is 25.3. The third-order valence-electron chi connectivity index (χ3n) is 8.54. The summed E-state index contributed by atoms with van der Waals surface area (Å²) in [6, 6.07) is 35.5. The van der Waals surface area contributed by atoms with E-state index in [0.29, 0.717) is 18.5 Å². The average molecular weight is 657 g/mol. The lowest BCUT2D eigenvalue weighted by Crippen LogP contribution is -2.47. The molecule has 9 nitrogen and oxygen atoms in total. The summed E-state index contributed by atoms with van der Waals surface area (Å²) in [6.45, 7) is 0.0954. The number of aromatic nitrogens is 1. The molecule has 0 unspecified atom stereocenters. The highest BCUT2D eigenvalue weighted by Crippen LogP contribution is 2.56. The van der Waals surface area contributed by atoms with E-state index in [0.717, 1.165) is 25.4 Å². The van der Waals surface area contributed by atoms with Gasteiger partial charge in [0.2, 0.25) is 11.8 Å². The molecule has 2 amide bonds. The monoisotopic (exact) mass is 656 g/mol. The Balaban J connectivity index is 1.08. The summed E-state index contributed by atoms with van der Waals surface area (Å²) in [5.41, 5.74) is 0.299. The number of nitrogens with one attached hydrogen (secondary N) is 2. The number of carbonyl (C=O) groups is 2. The molecule has 1 aliphatic rings. The lowest BCUT2D eigenvalue weighted by molar-refractivity contribution is -0.769. The summed E-state index contributed by atoms with van der Waals surface area (Å²) in [5, 5.41) is 39.4. The molecule has 0 aliphatic carbocycles. The highest BCUT2D eigenvalue weighted by molar-refractivity contribution is 7.95. The van der Waals surface area contributed by atoms with Crippen LogP contribution in [-0.4, -0.2) is 71.3 Å². The maximum Gasteiger partial charge on any atom is 0.271 e. The van der Waals surface area contributed by atoms with Crippen LogP contribution in [0.4, 0.5) is 0 Å². The molecule has 10 heteroatoms. The molecule has 1 fully saturated rings. The van der Waals surface area contributed by atoms with Crippen LogP contribution in [0.15, 0.2) is 109 Å². The normalized spacial score (nSPS) is 19.3. The van der Waals surface area contributed by atoms with Crippen molar-refractivity contribution in [1.29, 1.82) is 0 Å². The molecule has 0 radical (unpaired) electrons. The predicted octanol–water partition coefficient (Wildman–Crippen LogP) is 1.79. The minimum Gasteiger partial charge on any atom is -0.394 e. The first-order valence-corrected chi connectivity index (χ1v) is 18.1. The first-order chi connectivity index (χ1) is 22.9. The minimum absolute atomic E-state index is 0.0500. The molecular weight excluding hydrogens is 613 g/mol. The van der Waals surface area contributed by atoms with Crippen LogP contribution < -0.4 is 31.1 Å². The van der Waals surface area contributed by atoms with Gasteiger partial charge < -0.3 is 30.7 Å². The van der Waals surface area contributed by atoms with E-state index in [4.69, 9.17) is 4.74 Å². The molecule has 1 aromatic heterocycles. The Labute approximate surface area is 276 Å². The zero-order valence-electron chi connectivity index (χ0n) is 26.3. The van der Waals surface area contributed by atoms with Gasteiger partial charge in [0.05, 0.1) is 19.0 Å². The van der Waals surface area contributed by atoms with Crippen molar-refractivity contribution in [3.63, 3.8) is 0 Å². The summed E-state index contributed by atoms with van der Waals surface area (Å²) < 4.78 is 6.88. The second-order valence-corrected chi connectivity index (χ2v) is 15.3. The number of hydrogen-bond acceptors (Lipinski definition) is 6. The number of aliphatic hydroxyl groups excluding tert-OH is 3. The van der Waals surface area contributed by atoms with Crippen molar-refractivity contribution in [2.24, 2.45) is 0 Å². The van der Waals surface area contributed by atoms with Crippen molar-refractivity contribution >= 4 is 35.0 Å². The Hall–Kier alpha value is -3.98. The molecule has 0 saturated carbocycles. The van der Waals surface area contributed by atoms with Crippen LogP contribution in [-0.2, 0) is 9.53 Å². The molecule has 0 spiro atoms. The molecule has 5 N–H and O–H groups in total. The number of nitrogens with zero attached hydrogens (tertiary/aromatic N) is 1. The van der Waals surface area contributed by atoms with Crippen molar-refractivity contribution in [3.8, 4) is 0 Å². The topological polar surface area (TPSA) is 132 Å². The van der Waals surface area contributed by atoms with Crippen LogP contribution in [0.25, 0.3) is 0 Å². The maximum absolute atomic E-state index is 12.7. The quantitative estimate of drug-likeness (QED) is 0.0574. The largest absolute Gasteiger partial charge is 0.394 e.